The van der Waals surface area contributed by atoms with Crippen LogP contribution in [0.15, 0.2) is 101 Å². The highest BCUT2D eigenvalue weighted by atomic mass is 127. The molecule has 0 spiro atoms. The number of rotatable bonds is 4. The molecular formula is C27H19Cl2I3N4O4S2. The van der Waals surface area contributed by atoms with E-state index in [1.54, 1.807) is 78.9 Å². The number of pyridine rings is 2. The van der Waals surface area contributed by atoms with Gasteiger partial charge in [-0.3, -0.25) is 0 Å². The first-order valence-corrected chi connectivity index (χ1v) is 18.3. The van der Waals surface area contributed by atoms with Crippen LogP contribution in [0.1, 0.15) is 7.43 Å². The van der Waals surface area contributed by atoms with Gasteiger partial charge in [0.25, 0.3) is 20.0 Å². The molecule has 0 aliphatic carbocycles. The van der Waals surface area contributed by atoms with E-state index in [4.69, 9.17) is 23.2 Å². The topological polar surface area (TPSA) is 104 Å². The molecule has 0 N–H and O–H groups in total. The fraction of sp³-hybridized carbons (Fsp3) is 0.0370. The van der Waals surface area contributed by atoms with E-state index < -0.39 is 20.0 Å². The zero-order chi connectivity index (χ0) is 29.5. The van der Waals surface area contributed by atoms with Crippen molar-refractivity contribution in [3.05, 3.63) is 112 Å². The van der Waals surface area contributed by atoms with Gasteiger partial charge in [0, 0.05) is 26.7 Å². The third kappa shape index (κ3) is 6.19. The molecule has 0 amide bonds. The van der Waals surface area contributed by atoms with E-state index in [9.17, 15) is 16.8 Å². The molecule has 6 rings (SSSR count). The van der Waals surface area contributed by atoms with Crippen molar-refractivity contribution in [3.8, 4) is 0 Å². The van der Waals surface area contributed by atoms with Gasteiger partial charge in [-0.25, -0.2) is 34.7 Å². The Kier molecular flexibility index (Phi) is 10.5. The smallest absolute Gasteiger partial charge is 0.237 e. The molecule has 218 valence electrons. The second-order valence-corrected chi connectivity index (χ2v) is 16.0. The maximum atomic E-state index is 12.9. The zero-order valence-electron chi connectivity index (χ0n) is 20.3. The number of hydrogen-bond donors (Lipinski definition) is 0. The number of hydrogen-bond acceptors (Lipinski definition) is 6. The van der Waals surface area contributed by atoms with Gasteiger partial charge < -0.3 is 0 Å². The molecule has 4 heterocycles. The first-order valence-electron chi connectivity index (χ1n) is 11.4. The summed E-state index contributed by atoms with van der Waals surface area (Å²) in [6.07, 6.45) is 3.00. The van der Waals surface area contributed by atoms with Crippen LogP contribution in [0, 0.1) is 11.0 Å². The average molecular weight is 979 g/mol. The van der Waals surface area contributed by atoms with Crippen molar-refractivity contribution in [3.63, 3.8) is 0 Å². The summed E-state index contributed by atoms with van der Waals surface area (Å²) < 4.78 is 55.5. The van der Waals surface area contributed by atoms with Crippen LogP contribution >= 0.6 is 91.0 Å². The summed E-state index contributed by atoms with van der Waals surface area (Å²) in [6.45, 7) is 0. The minimum Gasteiger partial charge on any atom is -0.237 e. The minimum atomic E-state index is -3.72. The Labute approximate surface area is 294 Å². The van der Waals surface area contributed by atoms with Crippen molar-refractivity contribution < 1.29 is 16.8 Å². The lowest BCUT2D eigenvalue weighted by Gasteiger charge is -2.10. The summed E-state index contributed by atoms with van der Waals surface area (Å²) in [7, 11) is -7.40. The lowest BCUT2D eigenvalue weighted by Crippen LogP contribution is -2.16. The lowest BCUT2D eigenvalue weighted by molar-refractivity contribution is 0.585. The molecule has 0 aliphatic rings. The quantitative estimate of drug-likeness (QED) is 0.165. The Morgan fingerprint density at radius 3 is 1.57 bits per heavy atom. The summed E-state index contributed by atoms with van der Waals surface area (Å²) in [5.74, 6) is 0. The largest absolute Gasteiger partial charge is 0.271 e. The van der Waals surface area contributed by atoms with Crippen molar-refractivity contribution in [2.45, 2.75) is 17.2 Å². The Morgan fingerprint density at radius 2 is 1.07 bits per heavy atom. The molecule has 4 aromatic heterocycles. The zero-order valence-corrected chi connectivity index (χ0v) is 29.9. The van der Waals surface area contributed by atoms with E-state index in [1.807, 2.05) is 67.8 Å². The van der Waals surface area contributed by atoms with E-state index >= 15 is 0 Å². The summed E-state index contributed by atoms with van der Waals surface area (Å²) in [5.41, 5.74) is 0.678. The van der Waals surface area contributed by atoms with Crippen molar-refractivity contribution in [2.24, 2.45) is 0 Å². The second kappa shape index (κ2) is 13.2. The molecule has 42 heavy (non-hydrogen) atoms. The van der Waals surface area contributed by atoms with Crippen LogP contribution in [0.25, 0.3) is 22.1 Å². The summed E-state index contributed by atoms with van der Waals surface area (Å²) >= 11 is 18.2. The van der Waals surface area contributed by atoms with E-state index in [0.717, 1.165) is 0 Å². The maximum absolute atomic E-state index is 12.9. The highest BCUT2D eigenvalue weighted by Crippen LogP contribution is 2.31. The van der Waals surface area contributed by atoms with Crippen LogP contribution < -0.4 is 0 Å². The number of halogens is 5. The Balaban J connectivity index is 0.000000189. The number of aromatic nitrogens is 4. The summed E-state index contributed by atoms with van der Waals surface area (Å²) in [5, 5.41) is 2.21. The SMILES string of the molecule is C.O=S(=O)(c1ccccc1)n1c(I)cc2c(Cl)ccnc21.O=S(=O)(c1ccccc1I)n1c(I)cc2c(Cl)ccnc21. The van der Waals surface area contributed by atoms with Gasteiger partial charge in [-0.2, -0.15) is 0 Å². The van der Waals surface area contributed by atoms with Crippen molar-refractivity contribution in [1.29, 1.82) is 0 Å². The van der Waals surface area contributed by atoms with E-state index in [-0.39, 0.29) is 17.2 Å². The normalized spacial score (nSPS) is 11.6. The maximum Gasteiger partial charge on any atom is 0.271 e. The van der Waals surface area contributed by atoms with Crippen LogP contribution in [0.3, 0.4) is 0 Å². The van der Waals surface area contributed by atoms with Gasteiger partial charge in [-0.1, -0.05) is 61.0 Å². The fourth-order valence-corrected chi connectivity index (χ4v) is 11.0. The van der Waals surface area contributed by atoms with Crippen LogP contribution in [0.5, 0.6) is 0 Å². The molecule has 0 fully saturated rings. The Morgan fingerprint density at radius 1 is 0.619 bits per heavy atom. The minimum absolute atomic E-state index is 0. The van der Waals surface area contributed by atoms with E-state index in [1.165, 1.54) is 20.3 Å². The standard InChI is InChI=1S/C13H7ClI2N2O2S.C13H8ClIN2O2S.CH4/c14-9-5-6-17-13-8(9)7-12(16)18(13)21(19,20)11-4-2-1-3-10(11)15;14-11-6-7-16-13-10(11)8-12(15)17(13)20(18,19)9-4-2-1-3-5-9;/h1-7H;1-8H;1H4. The molecular weight excluding hydrogens is 960 g/mol. The van der Waals surface area contributed by atoms with Crippen LogP contribution in [-0.4, -0.2) is 34.7 Å². The average Bonchev–Trinajstić information content (AvgIpc) is 3.48. The van der Waals surface area contributed by atoms with Gasteiger partial charge in [0.15, 0.2) is 11.3 Å². The van der Waals surface area contributed by atoms with Crippen molar-refractivity contribution >= 4 is 133 Å². The molecule has 0 unspecified atom stereocenters. The fourth-order valence-electron chi connectivity index (χ4n) is 3.93. The first-order chi connectivity index (χ1) is 19.4. The van der Waals surface area contributed by atoms with Crippen molar-refractivity contribution in [2.75, 3.05) is 0 Å². The molecule has 0 bridgehead atoms. The van der Waals surface area contributed by atoms with Gasteiger partial charge in [0.2, 0.25) is 0 Å². The molecule has 0 atom stereocenters. The highest BCUT2D eigenvalue weighted by molar-refractivity contribution is 14.1. The number of fused-ring (bicyclic) bond motifs is 2. The van der Waals surface area contributed by atoms with E-state index in [0.29, 0.717) is 43.1 Å². The van der Waals surface area contributed by atoms with Crippen molar-refractivity contribution in [1.82, 2.24) is 17.9 Å². The van der Waals surface area contributed by atoms with Crippen LogP contribution in [-0.2, 0) is 20.0 Å². The Bertz CT molecular complexity index is 2160. The summed E-state index contributed by atoms with van der Waals surface area (Å²) in [4.78, 5) is 8.80. The van der Waals surface area contributed by atoms with Crippen LogP contribution in [0.2, 0.25) is 10.0 Å². The van der Waals surface area contributed by atoms with Crippen LogP contribution in [0.4, 0.5) is 0 Å². The van der Waals surface area contributed by atoms with Gasteiger partial charge >= 0.3 is 0 Å². The van der Waals surface area contributed by atoms with E-state index in [2.05, 4.69) is 9.97 Å². The molecule has 0 saturated carbocycles. The molecule has 0 aliphatic heterocycles. The molecule has 0 saturated heterocycles. The third-order valence-corrected chi connectivity index (χ3v) is 13.5. The molecule has 15 heteroatoms. The second-order valence-electron chi connectivity index (χ2n) is 8.28. The van der Waals surface area contributed by atoms with Gasteiger partial charge in [-0.05, 0) is 116 Å². The number of benzene rings is 2. The Hall–Kier alpha value is -1.51. The lowest BCUT2D eigenvalue weighted by atomic mass is 10.3. The number of nitrogens with zero attached hydrogens (tertiary/aromatic N) is 4. The molecule has 8 nitrogen and oxygen atoms in total. The monoisotopic (exact) mass is 978 g/mol. The predicted molar refractivity (Wildman–Crippen MR) is 192 cm³/mol. The summed E-state index contributed by atoms with van der Waals surface area (Å²) in [6, 6.07) is 21.8. The first kappa shape index (κ1) is 33.4. The predicted octanol–water partition coefficient (Wildman–Crippen LogP) is 8.30. The highest BCUT2D eigenvalue weighted by Gasteiger charge is 2.26. The van der Waals surface area contributed by atoms with Gasteiger partial charge in [0.1, 0.15) is 4.90 Å². The third-order valence-electron chi connectivity index (χ3n) is 5.77. The van der Waals surface area contributed by atoms with Gasteiger partial charge in [0.05, 0.1) is 22.3 Å². The molecule has 6 aromatic rings. The molecule has 2 aromatic carbocycles. The van der Waals surface area contributed by atoms with Gasteiger partial charge in [-0.15, -0.1) is 0 Å². The molecule has 0 radical (unpaired) electrons.